The van der Waals surface area contributed by atoms with E-state index in [2.05, 4.69) is 47.4 Å². The maximum absolute atomic E-state index is 9.00. The second-order valence-corrected chi connectivity index (χ2v) is 4.68. The minimum atomic E-state index is -0.833. The third kappa shape index (κ3) is 6.44. The summed E-state index contributed by atoms with van der Waals surface area (Å²) in [6.07, 6.45) is 1.87. The van der Waals surface area contributed by atoms with Gasteiger partial charge in [0.05, 0.1) is 5.69 Å². The summed E-state index contributed by atoms with van der Waals surface area (Å²) in [6.45, 7) is 5.08. The summed E-state index contributed by atoms with van der Waals surface area (Å²) in [4.78, 5) is 13.4. The molecule has 0 aliphatic heterocycles. The number of hydrogen-bond acceptors (Lipinski definition) is 2. The molecule has 2 aromatic carbocycles. The molecule has 1 aromatic heterocycles. The molecule has 1 heterocycles. The number of pyridine rings is 1. The Labute approximate surface area is 143 Å². The molecule has 0 aliphatic rings. The highest BCUT2D eigenvalue weighted by Crippen LogP contribution is 2.23. The van der Waals surface area contributed by atoms with Crippen molar-refractivity contribution in [2.75, 3.05) is 0 Å². The molecule has 3 rings (SSSR count). The number of nitrogens with zero attached hydrogens (tertiary/aromatic N) is 1. The fourth-order valence-corrected chi connectivity index (χ4v) is 2.01. The smallest absolute Gasteiger partial charge is 0.300 e. The van der Waals surface area contributed by atoms with Crippen molar-refractivity contribution in [3.8, 4) is 22.4 Å². The van der Waals surface area contributed by atoms with Gasteiger partial charge >= 0.3 is 0 Å². The molecule has 3 heteroatoms. The minimum absolute atomic E-state index is 0.833. The number of hydrogen-bond donors (Lipinski definition) is 1. The fourth-order valence-electron chi connectivity index (χ4n) is 2.01. The van der Waals surface area contributed by atoms with E-state index in [0.717, 1.165) is 18.2 Å². The van der Waals surface area contributed by atoms with Crippen molar-refractivity contribution in [3.05, 3.63) is 79.0 Å². The molecule has 124 valence electrons. The molecule has 0 fully saturated rings. The van der Waals surface area contributed by atoms with Crippen LogP contribution in [-0.4, -0.2) is 16.1 Å². The fraction of sp³-hybridized carbons (Fsp3) is 0.143. The molecule has 1 N–H and O–H groups in total. The standard InChI is InChI=1S/C17H13N.C2H4O2.C2H6/c1-3-7-14(8-4-1)16-11-12-18-17(13-16)15-9-5-2-6-10-15;1-2(3)4;1-2/h1-13H;1H3,(H,3,4);1-2H3. The summed E-state index contributed by atoms with van der Waals surface area (Å²) in [5.74, 6) is -0.833. The number of carbonyl (C=O) groups is 1. The highest BCUT2D eigenvalue weighted by molar-refractivity contribution is 5.70. The molecule has 3 nitrogen and oxygen atoms in total. The second kappa shape index (κ2) is 10.7. The van der Waals surface area contributed by atoms with Crippen LogP contribution in [0.15, 0.2) is 79.0 Å². The van der Waals surface area contributed by atoms with Gasteiger partial charge in [0.25, 0.3) is 5.97 Å². The van der Waals surface area contributed by atoms with Crippen LogP contribution in [0.2, 0.25) is 0 Å². The van der Waals surface area contributed by atoms with Gasteiger partial charge in [0.15, 0.2) is 0 Å². The maximum atomic E-state index is 9.00. The van der Waals surface area contributed by atoms with Gasteiger partial charge in [-0.25, -0.2) is 0 Å². The lowest BCUT2D eigenvalue weighted by atomic mass is 10.0. The van der Waals surface area contributed by atoms with E-state index in [0.29, 0.717) is 0 Å². The highest BCUT2D eigenvalue weighted by atomic mass is 16.4. The summed E-state index contributed by atoms with van der Waals surface area (Å²) in [7, 11) is 0. The Kier molecular flexibility index (Phi) is 8.54. The topological polar surface area (TPSA) is 50.2 Å². The Balaban J connectivity index is 0.000000423. The van der Waals surface area contributed by atoms with Crippen LogP contribution in [0, 0.1) is 0 Å². The summed E-state index contributed by atoms with van der Waals surface area (Å²) >= 11 is 0. The number of rotatable bonds is 2. The van der Waals surface area contributed by atoms with Crippen LogP contribution < -0.4 is 0 Å². The number of aliphatic carboxylic acids is 1. The zero-order valence-corrected chi connectivity index (χ0v) is 14.3. The van der Waals surface area contributed by atoms with Crippen molar-refractivity contribution in [2.45, 2.75) is 20.8 Å². The van der Waals surface area contributed by atoms with Gasteiger partial charge in [-0.2, -0.15) is 0 Å². The molecular weight excluding hydrogens is 298 g/mol. The Hall–Kier alpha value is -2.94. The first-order valence-corrected chi connectivity index (χ1v) is 7.93. The molecule has 0 radical (unpaired) electrons. The van der Waals surface area contributed by atoms with Crippen molar-refractivity contribution in [1.29, 1.82) is 0 Å². The van der Waals surface area contributed by atoms with Crippen LogP contribution in [0.4, 0.5) is 0 Å². The molecule has 0 aliphatic carbocycles. The number of carboxylic acid groups (broad SMARTS) is 1. The van der Waals surface area contributed by atoms with E-state index in [1.807, 2.05) is 50.4 Å². The summed E-state index contributed by atoms with van der Waals surface area (Å²) in [6, 6.07) is 24.8. The number of benzene rings is 2. The van der Waals surface area contributed by atoms with Crippen molar-refractivity contribution in [3.63, 3.8) is 0 Å². The van der Waals surface area contributed by atoms with Crippen LogP contribution in [-0.2, 0) is 4.79 Å². The lowest BCUT2D eigenvalue weighted by molar-refractivity contribution is -0.134. The Morgan fingerprint density at radius 1 is 0.792 bits per heavy atom. The third-order valence-electron chi connectivity index (χ3n) is 2.94. The lowest BCUT2D eigenvalue weighted by Crippen LogP contribution is -1.84. The summed E-state index contributed by atoms with van der Waals surface area (Å²) in [5.41, 5.74) is 4.58. The zero-order chi connectivity index (χ0) is 17.8. The number of carboxylic acids is 1. The van der Waals surface area contributed by atoms with Gasteiger partial charge in [-0.1, -0.05) is 74.5 Å². The van der Waals surface area contributed by atoms with Gasteiger partial charge in [-0.3, -0.25) is 9.78 Å². The van der Waals surface area contributed by atoms with Gasteiger partial charge in [0.2, 0.25) is 0 Å². The van der Waals surface area contributed by atoms with Crippen molar-refractivity contribution in [1.82, 2.24) is 4.98 Å². The van der Waals surface area contributed by atoms with E-state index in [9.17, 15) is 0 Å². The Morgan fingerprint density at radius 3 is 1.75 bits per heavy atom. The van der Waals surface area contributed by atoms with Crippen molar-refractivity contribution in [2.24, 2.45) is 0 Å². The molecule has 0 spiro atoms. The van der Waals surface area contributed by atoms with Crippen molar-refractivity contribution >= 4 is 5.97 Å². The lowest BCUT2D eigenvalue weighted by Gasteiger charge is -2.04. The molecule has 0 unspecified atom stereocenters. The number of aromatic nitrogens is 1. The quantitative estimate of drug-likeness (QED) is 0.675. The van der Waals surface area contributed by atoms with Crippen LogP contribution >= 0.6 is 0 Å². The van der Waals surface area contributed by atoms with Gasteiger partial charge in [-0.05, 0) is 23.3 Å². The molecule has 3 aromatic rings. The normalized spacial score (nSPS) is 8.96. The summed E-state index contributed by atoms with van der Waals surface area (Å²) in [5, 5.41) is 7.42. The largest absolute Gasteiger partial charge is 0.481 e. The maximum Gasteiger partial charge on any atom is 0.300 e. The Morgan fingerprint density at radius 2 is 1.25 bits per heavy atom. The first-order chi connectivity index (χ1) is 11.7. The SMILES string of the molecule is CC.CC(=O)O.c1ccc(-c2ccnc(-c3ccccc3)c2)cc1. The molecule has 0 bridgehead atoms. The molecule has 0 amide bonds. The molecule has 0 atom stereocenters. The average Bonchev–Trinajstić information content (AvgIpc) is 2.65. The van der Waals surface area contributed by atoms with E-state index in [1.165, 1.54) is 11.1 Å². The first kappa shape index (κ1) is 19.1. The van der Waals surface area contributed by atoms with Crippen molar-refractivity contribution < 1.29 is 9.90 Å². The predicted molar refractivity (Wildman–Crippen MR) is 99.8 cm³/mol. The zero-order valence-electron chi connectivity index (χ0n) is 14.3. The van der Waals surface area contributed by atoms with Crippen LogP contribution in [0.1, 0.15) is 20.8 Å². The van der Waals surface area contributed by atoms with Crippen LogP contribution in [0.25, 0.3) is 22.4 Å². The molecule has 0 saturated carbocycles. The van der Waals surface area contributed by atoms with Gasteiger partial charge in [0.1, 0.15) is 0 Å². The van der Waals surface area contributed by atoms with Gasteiger partial charge < -0.3 is 5.11 Å². The Bertz CT molecular complexity index is 666. The summed E-state index contributed by atoms with van der Waals surface area (Å²) < 4.78 is 0. The van der Waals surface area contributed by atoms with Gasteiger partial charge in [-0.15, -0.1) is 0 Å². The van der Waals surface area contributed by atoms with Crippen LogP contribution in [0.5, 0.6) is 0 Å². The monoisotopic (exact) mass is 321 g/mol. The third-order valence-corrected chi connectivity index (χ3v) is 2.94. The van der Waals surface area contributed by atoms with E-state index in [1.54, 1.807) is 0 Å². The molecular formula is C21H23NO2. The minimum Gasteiger partial charge on any atom is -0.481 e. The highest BCUT2D eigenvalue weighted by Gasteiger charge is 2.01. The van der Waals surface area contributed by atoms with E-state index in [4.69, 9.17) is 9.90 Å². The van der Waals surface area contributed by atoms with E-state index < -0.39 is 5.97 Å². The van der Waals surface area contributed by atoms with E-state index in [-0.39, 0.29) is 0 Å². The van der Waals surface area contributed by atoms with Crippen LogP contribution in [0.3, 0.4) is 0 Å². The van der Waals surface area contributed by atoms with Gasteiger partial charge in [0, 0.05) is 18.7 Å². The van der Waals surface area contributed by atoms with E-state index >= 15 is 0 Å². The second-order valence-electron chi connectivity index (χ2n) is 4.68. The average molecular weight is 321 g/mol. The molecule has 24 heavy (non-hydrogen) atoms. The first-order valence-electron chi connectivity index (χ1n) is 7.93. The predicted octanol–water partition coefficient (Wildman–Crippen LogP) is 5.53. The molecule has 0 saturated heterocycles.